The first kappa shape index (κ1) is 18.0. The average Bonchev–Trinajstić information content (AvgIpc) is 2.72. The van der Waals surface area contributed by atoms with Crippen molar-refractivity contribution in [3.05, 3.63) is 132 Å². The summed E-state index contributed by atoms with van der Waals surface area (Å²) in [5.74, 6) is 0.115. The van der Waals surface area contributed by atoms with Gasteiger partial charge >= 0.3 is 0 Å². The van der Waals surface area contributed by atoms with E-state index < -0.39 is 0 Å². The summed E-state index contributed by atoms with van der Waals surface area (Å²) in [6.45, 7) is 0. The molecule has 128 valence electrons. The smallest absolute Gasteiger partial charge is 0.0447 e. The number of allylic oxidation sites excluding steroid dienone is 4. The van der Waals surface area contributed by atoms with E-state index in [2.05, 4.69) is 66.8 Å². The molecule has 0 aliphatic heterocycles. The number of hydrogen-bond acceptors (Lipinski definition) is 0. The maximum absolute atomic E-state index is 6.57. The number of hydrogen-bond donors (Lipinski definition) is 0. The molecule has 0 aliphatic rings. The topological polar surface area (TPSA) is 0 Å². The summed E-state index contributed by atoms with van der Waals surface area (Å²) in [4.78, 5) is 0. The second-order valence-corrected chi connectivity index (χ2v) is 6.38. The van der Waals surface area contributed by atoms with Crippen LogP contribution in [0.15, 0.2) is 115 Å². The molecule has 0 heterocycles. The molecule has 0 saturated carbocycles. The van der Waals surface area contributed by atoms with Crippen LogP contribution in [0.25, 0.3) is 11.1 Å². The van der Waals surface area contributed by atoms with Gasteiger partial charge in [-0.25, -0.2) is 0 Å². The molecule has 0 bridgehead atoms. The van der Waals surface area contributed by atoms with Gasteiger partial charge in [-0.15, -0.1) is 0 Å². The fourth-order valence-corrected chi connectivity index (χ4v) is 2.97. The van der Waals surface area contributed by atoms with Crippen molar-refractivity contribution in [3.63, 3.8) is 0 Å². The zero-order valence-electron chi connectivity index (χ0n) is 14.5. The van der Waals surface area contributed by atoms with Crippen LogP contribution in [0.5, 0.6) is 0 Å². The highest BCUT2D eigenvalue weighted by atomic mass is 35.5. The van der Waals surface area contributed by atoms with Gasteiger partial charge in [0.25, 0.3) is 0 Å². The van der Waals surface area contributed by atoms with Gasteiger partial charge in [-0.1, -0.05) is 133 Å². The van der Waals surface area contributed by atoms with Gasteiger partial charge in [0.2, 0.25) is 0 Å². The van der Waals surface area contributed by atoms with Crippen LogP contribution in [-0.2, 0) is 0 Å². The summed E-state index contributed by atoms with van der Waals surface area (Å²) in [6, 6.07) is 30.7. The predicted octanol–water partition coefficient (Wildman–Crippen LogP) is 7.32. The number of benzene rings is 3. The molecule has 3 aromatic rings. The molecule has 0 aromatic heterocycles. The molecule has 0 nitrogen and oxygen atoms in total. The van der Waals surface area contributed by atoms with Crippen LogP contribution < -0.4 is 0 Å². The van der Waals surface area contributed by atoms with Crippen molar-refractivity contribution in [3.8, 4) is 0 Å². The van der Waals surface area contributed by atoms with E-state index in [1.165, 1.54) is 11.1 Å². The highest BCUT2D eigenvalue weighted by Gasteiger charge is 2.06. The summed E-state index contributed by atoms with van der Waals surface area (Å²) in [6.07, 6.45) is 10.5. The summed E-state index contributed by atoms with van der Waals surface area (Å²) in [5.41, 5.74) is 3.43. The molecule has 0 N–H and O–H groups in total. The molecule has 26 heavy (non-hydrogen) atoms. The van der Waals surface area contributed by atoms with E-state index in [4.69, 9.17) is 11.6 Å². The molecule has 0 radical (unpaired) electrons. The summed E-state index contributed by atoms with van der Waals surface area (Å²) in [7, 11) is 0. The SMILES string of the molecule is Cl/C(=C/C(/C=C/C=C/c1ccccc1)c1ccccc1)c1ccccc1. The van der Waals surface area contributed by atoms with Crippen LogP contribution in [0.3, 0.4) is 0 Å². The van der Waals surface area contributed by atoms with Crippen molar-refractivity contribution < 1.29 is 0 Å². The quantitative estimate of drug-likeness (QED) is 0.406. The van der Waals surface area contributed by atoms with Gasteiger partial charge in [0.15, 0.2) is 0 Å². The molecule has 0 aliphatic carbocycles. The van der Waals surface area contributed by atoms with E-state index in [0.717, 1.165) is 10.6 Å². The van der Waals surface area contributed by atoms with E-state index in [9.17, 15) is 0 Å². The second kappa shape index (κ2) is 9.60. The second-order valence-electron chi connectivity index (χ2n) is 5.97. The highest BCUT2D eigenvalue weighted by Crippen LogP contribution is 2.27. The Bertz CT molecular complexity index is 875. The Kier molecular flexibility index (Phi) is 6.64. The van der Waals surface area contributed by atoms with Crippen LogP contribution in [0.4, 0.5) is 0 Å². The van der Waals surface area contributed by atoms with Gasteiger partial charge in [-0.05, 0) is 16.7 Å². The lowest BCUT2D eigenvalue weighted by Crippen LogP contribution is -1.91. The maximum atomic E-state index is 6.57. The standard InChI is InChI=1S/C25H21Cl/c26-25(23-17-8-3-9-18-23)20-24(22-15-6-2-7-16-22)19-11-10-14-21-12-4-1-5-13-21/h1-20,24H/b14-10+,19-11+,25-20+. The monoisotopic (exact) mass is 356 g/mol. The van der Waals surface area contributed by atoms with Crippen molar-refractivity contribution in [1.29, 1.82) is 0 Å². The Morgan fingerprint density at radius 1 is 0.692 bits per heavy atom. The zero-order valence-corrected chi connectivity index (χ0v) is 15.3. The fraction of sp³-hybridized carbons (Fsp3) is 0.0400. The van der Waals surface area contributed by atoms with Gasteiger partial charge in [-0.3, -0.25) is 0 Å². The maximum Gasteiger partial charge on any atom is 0.0447 e. The van der Waals surface area contributed by atoms with Crippen molar-refractivity contribution in [2.75, 3.05) is 0 Å². The summed E-state index contributed by atoms with van der Waals surface area (Å²) >= 11 is 6.57. The minimum Gasteiger partial charge on any atom is -0.0840 e. The molecular formula is C25H21Cl. The van der Waals surface area contributed by atoms with E-state index >= 15 is 0 Å². The molecular weight excluding hydrogens is 336 g/mol. The first-order valence-corrected chi connectivity index (χ1v) is 9.08. The van der Waals surface area contributed by atoms with E-state index in [1.54, 1.807) is 0 Å². The highest BCUT2D eigenvalue weighted by molar-refractivity contribution is 6.48. The Morgan fingerprint density at radius 2 is 1.27 bits per heavy atom. The number of rotatable bonds is 6. The molecule has 0 fully saturated rings. The third kappa shape index (κ3) is 5.34. The lowest BCUT2D eigenvalue weighted by molar-refractivity contribution is 1.09. The Hall–Kier alpha value is -2.83. The lowest BCUT2D eigenvalue weighted by Gasteiger charge is -2.10. The van der Waals surface area contributed by atoms with Crippen LogP contribution in [-0.4, -0.2) is 0 Å². The predicted molar refractivity (Wildman–Crippen MR) is 114 cm³/mol. The van der Waals surface area contributed by atoms with Gasteiger partial charge in [0, 0.05) is 11.0 Å². The van der Waals surface area contributed by atoms with Gasteiger partial charge in [0.1, 0.15) is 0 Å². The molecule has 0 amide bonds. The molecule has 1 heteroatoms. The van der Waals surface area contributed by atoms with Gasteiger partial charge in [0.05, 0.1) is 0 Å². The van der Waals surface area contributed by atoms with Gasteiger partial charge < -0.3 is 0 Å². The molecule has 3 aromatic carbocycles. The van der Waals surface area contributed by atoms with Crippen molar-refractivity contribution in [2.24, 2.45) is 0 Å². The largest absolute Gasteiger partial charge is 0.0840 e. The lowest BCUT2D eigenvalue weighted by atomic mass is 9.97. The van der Waals surface area contributed by atoms with Crippen LogP contribution in [0.1, 0.15) is 22.6 Å². The van der Waals surface area contributed by atoms with Gasteiger partial charge in [-0.2, -0.15) is 0 Å². The van der Waals surface area contributed by atoms with Crippen molar-refractivity contribution in [2.45, 2.75) is 5.92 Å². The molecule has 1 atom stereocenters. The number of halogens is 1. The van der Waals surface area contributed by atoms with Crippen molar-refractivity contribution >= 4 is 22.7 Å². The Morgan fingerprint density at radius 3 is 1.92 bits per heavy atom. The Balaban J connectivity index is 1.82. The molecule has 0 spiro atoms. The third-order valence-corrected chi connectivity index (χ3v) is 4.42. The molecule has 0 saturated heterocycles. The first-order chi connectivity index (χ1) is 12.8. The fourth-order valence-electron chi connectivity index (χ4n) is 2.70. The molecule has 1 unspecified atom stereocenters. The summed E-state index contributed by atoms with van der Waals surface area (Å²) < 4.78 is 0. The van der Waals surface area contributed by atoms with E-state index in [1.807, 2.05) is 54.6 Å². The van der Waals surface area contributed by atoms with E-state index in [-0.39, 0.29) is 5.92 Å². The van der Waals surface area contributed by atoms with Crippen LogP contribution >= 0.6 is 11.6 Å². The van der Waals surface area contributed by atoms with Crippen LogP contribution in [0, 0.1) is 0 Å². The minimum atomic E-state index is 0.115. The van der Waals surface area contributed by atoms with E-state index in [0.29, 0.717) is 0 Å². The molecule has 3 rings (SSSR count). The Labute approximate surface area is 160 Å². The normalized spacial score (nSPS) is 13.3. The third-order valence-electron chi connectivity index (χ3n) is 4.08. The van der Waals surface area contributed by atoms with Crippen molar-refractivity contribution in [1.82, 2.24) is 0 Å². The minimum absolute atomic E-state index is 0.115. The van der Waals surface area contributed by atoms with Crippen LogP contribution in [0.2, 0.25) is 0 Å². The average molecular weight is 357 g/mol. The summed E-state index contributed by atoms with van der Waals surface area (Å²) in [5, 5.41) is 0.760. The zero-order chi connectivity index (χ0) is 18.0. The first-order valence-electron chi connectivity index (χ1n) is 8.70.